The second-order valence-electron chi connectivity index (χ2n) is 4.95. The van der Waals surface area contributed by atoms with E-state index in [0.717, 1.165) is 35.0 Å². The fourth-order valence-corrected chi connectivity index (χ4v) is 4.04. The molecule has 2 N–H and O–H groups in total. The quantitative estimate of drug-likeness (QED) is 0.880. The van der Waals surface area contributed by atoms with Gasteiger partial charge in [0.2, 0.25) is 0 Å². The summed E-state index contributed by atoms with van der Waals surface area (Å²) in [6.07, 6.45) is 3.58. The van der Waals surface area contributed by atoms with Crippen LogP contribution in [-0.4, -0.2) is 30.3 Å². The van der Waals surface area contributed by atoms with Crippen molar-refractivity contribution in [1.29, 1.82) is 0 Å². The van der Waals surface area contributed by atoms with Crippen molar-refractivity contribution in [3.63, 3.8) is 0 Å². The first-order valence-electron chi connectivity index (χ1n) is 6.30. The van der Waals surface area contributed by atoms with E-state index in [4.69, 9.17) is 4.74 Å². The highest BCUT2D eigenvalue weighted by Crippen LogP contribution is 2.39. The summed E-state index contributed by atoms with van der Waals surface area (Å²) < 4.78 is 6.08. The van der Waals surface area contributed by atoms with Gasteiger partial charge in [0.15, 0.2) is 5.75 Å². The molecule has 0 unspecified atom stereocenters. The molecule has 0 atom stereocenters. The largest absolute Gasteiger partial charge is 0.494 e. The van der Waals surface area contributed by atoms with Crippen LogP contribution in [0, 0.1) is 6.92 Å². The van der Waals surface area contributed by atoms with Crippen LogP contribution in [0.1, 0.15) is 40.2 Å². The van der Waals surface area contributed by atoms with Crippen molar-refractivity contribution in [3.8, 4) is 5.75 Å². The Hall–Kier alpha value is -0.590. The maximum atomic E-state index is 12.2. The van der Waals surface area contributed by atoms with Crippen molar-refractivity contribution < 1.29 is 14.6 Å². The molecular formula is C13H18BrNO3S. The molecule has 19 heavy (non-hydrogen) atoms. The highest BCUT2D eigenvalue weighted by atomic mass is 79.9. The number of aliphatic hydroxyl groups is 1. The lowest BCUT2D eigenvalue weighted by molar-refractivity contribution is 0.0450. The van der Waals surface area contributed by atoms with E-state index in [1.807, 2.05) is 6.92 Å². The third-order valence-electron chi connectivity index (χ3n) is 3.49. The second kappa shape index (κ2) is 5.81. The number of halogens is 1. The Bertz CT molecular complexity index is 480. The van der Waals surface area contributed by atoms with Crippen LogP contribution in [-0.2, 0) is 0 Å². The van der Waals surface area contributed by atoms with E-state index < -0.39 is 5.60 Å². The van der Waals surface area contributed by atoms with Gasteiger partial charge in [0.1, 0.15) is 4.88 Å². The highest BCUT2D eigenvalue weighted by Gasteiger charge is 2.32. The average molecular weight is 348 g/mol. The van der Waals surface area contributed by atoms with Gasteiger partial charge in [-0.3, -0.25) is 4.79 Å². The van der Waals surface area contributed by atoms with Crippen molar-refractivity contribution in [1.82, 2.24) is 5.32 Å². The molecular weight excluding hydrogens is 330 g/mol. The summed E-state index contributed by atoms with van der Waals surface area (Å²) in [4.78, 5) is 13.7. The summed E-state index contributed by atoms with van der Waals surface area (Å²) in [5.41, 5.74) is -0.730. The molecule has 1 amide bonds. The Labute approximate surface area is 125 Å². The number of thiophene rings is 1. The van der Waals surface area contributed by atoms with Crippen molar-refractivity contribution in [2.75, 3.05) is 13.7 Å². The monoisotopic (exact) mass is 347 g/mol. The van der Waals surface area contributed by atoms with Crippen molar-refractivity contribution >= 4 is 33.2 Å². The summed E-state index contributed by atoms with van der Waals surface area (Å²) in [5, 5.41) is 13.0. The molecule has 0 saturated heterocycles. The Kier molecular flexibility index (Phi) is 4.53. The van der Waals surface area contributed by atoms with Gasteiger partial charge in [0.05, 0.1) is 17.2 Å². The molecule has 1 fully saturated rings. The minimum atomic E-state index is -0.730. The van der Waals surface area contributed by atoms with Crippen LogP contribution >= 0.6 is 27.3 Å². The van der Waals surface area contributed by atoms with Gasteiger partial charge in [0.25, 0.3) is 5.91 Å². The number of carbonyl (C=O) groups is 1. The van der Waals surface area contributed by atoms with Gasteiger partial charge in [-0.15, -0.1) is 11.3 Å². The molecule has 1 aliphatic carbocycles. The Morgan fingerprint density at radius 2 is 2.16 bits per heavy atom. The number of carbonyl (C=O) groups excluding carboxylic acids is 1. The molecule has 0 spiro atoms. The van der Waals surface area contributed by atoms with Crippen LogP contribution in [0.2, 0.25) is 0 Å². The summed E-state index contributed by atoms with van der Waals surface area (Å²) in [5.74, 6) is 0.384. The third kappa shape index (κ3) is 3.12. The molecule has 1 aromatic rings. The number of amides is 1. The maximum Gasteiger partial charge on any atom is 0.265 e. The number of rotatable bonds is 4. The molecule has 4 nitrogen and oxygen atoms in total. The highest BCUT2D eigenvalue weighted by molar-refractivity contribution is 9.10. The first-order chi connectivity index (χ1) is 8.97. The zero-order valence-electron chi connectivity index (χ0n) is 11.1. The molecule has 0 radical (unpaired) electrons. The fourth-order valence-electron chi connectivity index (χ4n) is 2.37. The van der Waals surface area contributed by atoms with Gasteiger partial charge in [-0.25, -0.2) is 0 Å². The zero-order valence-corrected chi connectivity index (χ0v) is 13.5. The van der Waals surface area contributed by atoms with Gasteiger partial charge in [0, 0.05) is 11.4 Å². The smallest absolute Gasteiger partial charge is 0.265 e. The van der Waals surface area contributed by atoms with Gasteiger partial charge < -0.3 is 15.2 Å². The van der Waals surface area contributed by atoms with Crippen LogP contribution in [0.3, 0.4) is 0 Å². The minimum Gasteiger partial charge on any atom is -0.494 e. The molecule has 1 heterocycles. The van der Waals surface area contributed by atoms with Crippen LogP contribution in [0.25, 0.3) is 0 Å². The Balaban J connectivity index is 2.06. The van der Waals surface area contributed by atoms with Gasteiger partial charge in [-0.05, 0) is 35.7 Å². The van der Waals surface area contributed by atoms with E-state index in [2.05, 4.69) is 21.2 Å². The maximum absolute atomic E-state index is 12.2. The van der Waals surface area contributed by atoms with Crippen LogP contribution < -0.4 is 10.1 Å². The van der Waals surface area contributed by atoms with E-state index >= 15 is 0 Å². The van der Waals surface area contributed by atoms with E-state index in [0.29, 0.717) is 17.2 Å². The van der Waals surface area contributed by atoms with Gasteiger partial charge >= 0.3 is 0 Å². The Morgan fingerprint density at radius 1 is 1.53 bits per heavy atom. The van der Waals surface area contributed by atoms with E-state index in [-0.39, 0.29) is 5.91 Å². The Morgan fingerprint density at radius 3 is 2.74 bits per heavy atom. The number of ether oxygens (including phenoxy) is 1. The number of hydrogen-bond donors (Lipinski definition) is 2. The molecule has 6 heteroatoms. The average Bonchev–Trinajstić information content (AvgIpc) is 2.93. The first-order valence-corrected chi connectivity index (χ1v) is 7.91. The summed E-state index contributed by atoms with van der Waals surface area (Å²) in [6.45, 7) is 2.24. The number of hydrogen-bond acceptors (Lipinski definition) is 4. The van der Waals surface area contributed by atoms with Crippen molar-refractivity contribution in [2.24, 2.45) is 0 Å². The fraction of sp³-hybridized carbons (Fsp3) is 0.615. The third-order valence-corrected chi connectivity index (χ3v) is 5.80. The van der Waals surface area contributed by atoms with E-state index in [1.54, 1.807) is 7.11 Å². The predicted octanol–water partition coefficient (Wildman–Crippen LogP) is 2.86. The number of aryl methyl sites for hydroxylation is 1. The van der Waals surface area contributed by atoms with Crippen molar-refractivity contribution in [2.45, 2.75) is 38.2 Å². The molecule has 0 aromatic carbocycles. The molecule has 1 aromatic heterocycles. The van der Waals surface area contributed by atoms with Gasteiger partial charge in [-0.1, -0.05) is 12.8 Å². The number of nitrogens with one attached hydrogen (secondary N) is 1. The lowest BCUT2D eigenvalue weighted by atomic mass is 10.0. The summed E-state index contributed by atoms with van der Waals surface area (Å²) in [6, 6.07) is 0. The minimum absolute atomic E-state index is 0.184. The predicted molar refractivity (Wildman–Crippen MR) is 79.1 cm³/mol. The topological polar surface area (TPSA) is 58.6 Å². The molecule has 1 saturated carbocycles. The number of methoxy groups -OCH3 is 1. The molecule has 0 aliphatic heterocycles. The van der Waals surface area contributed by atoms with E-state index in [1.165, 1.54) is 11.3 Å². The lowest BCUT2D eigenvalue weighted by Gasteiger charge is -2.22. The lowest BCUT2D eigenvalue weighted by Crippen LogP contribution is -2.40. The molecule has 106 valence electrons. The second-order valence-corrected chi connectivity index (χ2v) is 6.97. The molecule has 1 aliphatic rings. The molecule has 2 rings (SSSR count). The summed E-state index contributed by atoms with van der Waals surface area (Å²) in [7, 11) is 1.55. The standard InChI is InChI=1S/C13H18BrNO3S/c1-8-9(14)10(18-2)11(19-8)12(16)15-7-13(17)5-3-4-6-13/h17H,3-7H2,1-2H3,(H,15,16). The zero-order chi connectivity index (χ0) is 14.0. The van der Waals surface area contributed by atoms with Crippen LogP contribution in [0.4, 0.5) is 0 Å². The van der Waals surface area contributed by atoms with Crippen molar-refractivity contribution in [3.05, 3.63) is 14.2 Å². The van der Waals surface area contributed by atoms with Gasteiger partial charge in [-0.2, -0.15) is 0 Å². The van der Waals surface area contributed by atoms with E-state index in [9.17, 15) is 9.90 Å². The first kappa shape index (κ1) is 14.8. The summed E-state index contributed by atoms with van der Waals surface area (Å²) >= 11 is 4.80. The van der Waals surface area contributed by atoms with Crippen LogP contribution in [0.15, 0.2) is 4.47 Å². The SMILES string of the molecule is COc1c(C(=O)NCC2(O)CCCC2)sc(C)c1Br. The van der Waals surface area contributed by atoms with Crippen LogP contribution in [0.5, 0.6) is 5.75 Å². The normalized spacial score (nSPS) is 17.5. The molecule has 0 bridgehead atoms.